The number of nitrogens with zero attached hydrogens (tertiary/aromatic N) is 4. The zero-order valence-corrected chi connectivity index (χ0v) is 18.9. The third-order valence-electron chi connectivity index (χ3n) is 6.10. The predicted molar refractivity (Wildman–Crippen MR) is 126 cm³/mol. The molecule has 4 rings (SSSR count). The van der Waals surface area contributed by atoms with Gasteiger partial charge in [-0.3, -0.25) is 4.68 Å². The number of urea groups is 1. The summed E-state index contributed by atoms with van der Waals surface area (Å²) < 4.78 is 1.99. The molecule has 0 aliphatic carbocycles. The van der Waals surface area contributed by atoms with E-state index in [9.17, 15) is 4.79 Å². The van der Waals surface area contributed by atoms with Crippen molar-refractivity contribution >= 4 is 17.4 Å². The first-order chi connectivity index (χ1) is 14.9. The van der Waals surface area contributed by atoms with E-state index >= 15 is 0 Å². The summed E-state index contributed by atoms with van der Waals surface area (Å²) in [7, 11) is 0. The lowest BCUT2D eigenvalue weighted by molar-refractivity contribution is 0.208. The first-order valence-corrected chi connectivity index (χ1v) is 10.9. The second kappa shape index (κ2) is 8.84. The molecule has 1 aliphatic rings. The molecule has 31 heavy (non-hydrogen) atoms. The number of carbonyl (C=O) groups is 1. The zero-order chi connectivity index (χ0) is 22.0. The lowest BCUT2D eigenvalue weighted by atomic mass is 10.1. The minimum absolute atomic E-state index is 0.0381. The van der Waals surface area contributed by atoms with Crippen molar-refractivity contribution in [3.63, 3.8) is 0 Å². The number of amides is 2. The number of anilines is 2. The van der Waals surface area contributed by atoms with Gasteiger partial charge in [-0.2, -0.15) is 5.10 Å². The Hall–Kier alpha value is -3.28. The molecule has 2 aromatic carbocycles. The van der Waals surface area contributed by atoms with E-state index in [-0.39, 0.29) is 6.03 Å². The van der Waals surface area contributed by atoms with E-state index in [1.165, 1.54) is 16.8 Å². The number of hydrogen-bond acceptors (Lipinski definition) is 3. The lowest BCUT2D eigenvalue weighted by Gasteiger charge is -2.37. The number of aryl methyl sites for hydroxylation is 3. The Morgan fingerprint density at radius 2 is 1.71 bits per heavy atom. The van der Waals surface area contributed by atoms with Crippen LogP contribution in [-0.2, 0) is 6.54 Å². The van der Waals surface area contributed by atoms with Gasteiger partial charge in [-0.05, 0) is 68.7 Å². The van der Waals surface area contributed by atoms with Gasteiger partial charge in [-0.25, -0.2) is 4.79 Å². The van der Waals surface area contributed by atoms with Crippen LogP contribution in [0.4, 0.5) is 16.2 Å². The van der Waals surface area contributed by atoms with E-state index in [0.29, 0.717) is 19.6 Å². The van der Waals surface area contributed by atoms with Crippen LogP contribution in [0.25, 0.3) is 0 Å². The van der Waals surface area contributed by atoms with Gasteiger partial charge in [0.05, 0.1) is 12.2 Å². The van der Waals surface area contributed by atoms with Crippen molar-refractivity contribution in [3.05, 3.63) is 76.6 Å². The van der Waals surface area contributed by atoms with Crippen LogP contribution < -0.4 is 10.2 Å². The molecule has 1 aliphatic heterocycles. The summed E-state index contributed by atoms with van der Waals surface area (Å²) in [5, 5.41) is 7.60. The molecule has 0 saturated carbocycles. The van der Waals surface area contributed by atoms with Gasteiger partial charge in [0.2, 0.25) is 0 Å². The molecule has 162 valence electrons. The van der Waals surface area contributed by atoms with Crippen LogP contribution in [-0.4, -0.2) is 46.9 Å². The highest BCUT2D eigenvalue weighted by atomic mass is 16.2. The van der Waals surface area contributed by atoms with E-state index < -0.39 is 0 Å². The maximum atomic E-state index is 12.8. The minimum Gasteiger partial charge on any atom is -0.368 e. The standard InChI is InChI=1S/C25H31N5O/c1-18-7-5-10-24(21(18)4)28-11-13-29(14-12-28)25(31)26-23-9-6-8-22(16-23)17-30-20(3)15-19(2)27-30/h5-10,15-16H,11-14,17H2,1-4H3,(H,26,31). The number of benzene rings is 2. The van der Waals surface area contributed by atoms with Crippen LogP contribution in [0.2, 0.25) is 0 Å². The third kappa shape index (κ3) is 4.74. The van der Waals surface area contributed by atoms with Gasteiger partial charge in [-0.15, -0.1) is 0 Å². The Labute approximate surface area is 184 Å². The van der Waals surface area contributed by atoms with Crippen LogP contribution in [0.15, 0.2) is 48.5 Å². The summed E-state index contributed by atoms with van der Waals surface area (Å²) in [6.07, 6.45) is 0. The molecule has 0 unspecified atom stereocenters. The maximum absolute atomic E-state index is 12.8. The Morgan fingerprint density at radius 1 is 0.968 bits per heavy atom. The fourth-order valence-electron chi connectivity index (χ4n) is 4.19. The summed E-state index contributed by atoms with van der Waals surface area (Å²) in [4.78, 5) is 17.1. The summed E-state index contributed by atoms with van der Waals surface area (Å²) >= 11 is 0. The summed E-state index contributed by atoms with van der Waals surface area (Å²) in [6, 6.07) is 16.5. The van der Waals surface area contributed by atoms with Crippen molar-refractivity contribution in [1.82, 2.24) is 14.7 Å². The largest absolute Gasteiger partial charge is 0.368 e. The molecule has 2 heterocycles. The fourth-order valence-corrected chi connectivity index (χ4v) is 4.19. The van der Waals surface area contributed by atoms with Crippen LogP contribution in [0.3, 0.4) is 0 Å². The molecule has 2 amide bonds. The monoisotopic (exact) mass is 417 g/mol. The average Bonchev–Trinajstić information content (AvgIpc) is 3.07. The molecule has 0 spiro atoms. The molecule has 6 nitrogen and oxygen atoms in total. The van der Waals surface area contributed by atoms with Crippen LogP contribution in [0.5, 0.6) is 0 Å². The van der Waals surface area contributed by atoms with E-state index in [2.05, 4.69) is 66.4 Å². The van der Waals surface area contributed by atoms with Crippen molar-refractivity contribution in [3.8, 4) is 0 Å². The van der Waals surface area contributed by atoms with Gasteiger partial charge in [0, 0.05) is 43.2 Å². The number of aromatic nitrogens is 2. The molecule has 1 N–H and O–H groups in total. The fraction of sp³-hybridized carbons (Fsp3) is 0.360. The molecule has 1 aromatic heterocycles. The Kier molecular flexibility index (Phi) is 5.98. The van der Waals surface area contributed by atoms with Crippen molar-refractivity contribution < 1.29 is 4.79 Å². The molecule has 6 heteroatoms. The van der Waals surface area contributed by atoms with Gasteiger partial charge >= 0.3 is 6.03 Å². The Bertz CT molecular complexity index is 1080. The second-order valence-electron chi connectivity index (χ2n) is 8.41. The first-order valence-electron chi connectivity index (χ1n) is 10.9. The van der Waals surface area contributed by atoms with Gasteiger partial charge in [0.1, 0.15) is 0 Å². The molecule has 1 fully saturated rings. The number of carbonyl (C=O) groups excluding carboxylic acids is 1. The SMILES string of the molecule is Cc1cc(C)n(Cc2cccc(NC(=O)N3CCN(c4cccc(C)c4C)CC3)c2)n1. The minimum atomic E-state index is -0.0381. The number of hydrogen-bond donors (Lipinski definition) is 1. The van der Waals surface area contributed by atoms with E-state index in [0.717, 1.165) is 35.7 Å². The van der Waals surface area contributed by atoms with Crippen molar-refractivity contribution in [2.75, 3.05) is 36.4 Å². The van der Waals surface area contributed by atoms with Gasteiger partial charge in [0.25, 0.3) is 0 Å². The predicted octanol–water partition coefficient (Wildman–Crippen LogP) is 4.52. The summed E-state index contributed by atoms with van der Waals surface area (Å²) in [5.74, 6) is 0. The summed E-state index contributed by atoms with van der Waals surface area (Å²) in [5.41, 5.74) is 7.98. The number of piperazine rings is 1. The number of rotatable bonds is 4. The van der Waals surface area contributed by atoms with Gasteiger partial charge in [-0.1, -0.05) is 24.3 Å². The van der Waals surface area contributed by atoms with Crippen LogP contribution in [0, 0.1) is 27.7 Å². The first kappa shape index (κ1) is 21.0. The van der Waals surface area contributed by atoms with E-state index in [1.54, 1.807) is 0 Å². The van der Waals surface area contributed by atoms with Crippen LogP contribution in [0.1, 0.15) is 28.1 Å². The molecule has 0 atom stereocenters. The molecular weight excluding hydrogens is 386 g/mol. The average molecular weight is 418 g/mol. The molecular formula is C25H31N5O. The summed E-state index contributed by atoms with van der Waals surface area (Å²) in [6.45, 7) is 12.2. The van der Waals surface area contributed by atoms with Crippen molar-refractivity contribution in [2.45, 2.75) is 34.2 Å². The Balaban J connectivity index is 1.36. The molecule has 3 aromatic rings. The number of nitrogens with one attached hydrogen (secondary N) is 1. The van der Waals surface area contributed by atoms with Gasteiger partial charge in [0.15, 0.2) is 0 Å². The maximum Gasteiger partial charge on any atom is 0.321 e. The smallest absolute Gasteiger partial charge is 0.321 e. The topological polar surface area (TPSA) is 53.4 Å². The van der Waals surface area contributed by atoms with Crippen molar-refractivity contribution in [2.24, 2.45) is 0 Å². The molecule has 1 saturated heterocycles. The van der Waals surface area contributed by atoms with E-state index in [4.69, 9.17) is 0 Å². The molecule has 0 bridgehead atoms. The van der Waals surface area contributed by atoms with Gasteiger partial charge < -0.3 is 15.1 Å². The van der Waals surface area contributed by atoms with Crippen LogP contribution >= 0.6 is 0 Å². The highest BCUT2D eigenvalue weighted by molar-refractivity contribution is 5.89. The van der Waals surface area contributed by atoms with E-state index in [1.807, 2.05) is 34.7 Å². The quantitative estimate of drug-likeness (QED) is 0.679. The lowest BCUT2D eigenvalue weighted by Crippen LogP contribution is -2.50. The van der Waals surface area contributed by atoms with Crippen molar-refractivity contribution in [1.29, 1.82) is 0 Å². The highest BCUT2D eigenvalue weighted by Gasteiger charge is 2.22. The zero-order valence-electron chi connectivity index (χ0n) is 18.9. The Morgan fingerprint density at radius 3 is 2.42 bits per heavy atom. The normalized spacial score (nSPS) is 14.1. The third-order valence-corrected chi connectivity index (χ3v) is 6.10. The highest BCUT2D eigenvalue weighted by Crippen LogP contribution is 2.24. The molecule has 0 radical (unpaired) electrons. The second-order valence-corrected chi connectivity index (χ2v) is 8.41.